The zero-order valence-electron chi connectivity index (χ0n) is 10.8. The lowest BCUT2D eigenvalue weighted by Gasteiger charge is -2.23. The molecule has 0 radical (unpaired) electrons. The Bertz CT molecular complexity index is 376. The van der Waals surface area contributed by atoms with E-state index in [1.165, 1.54) is 0 Å². The minimum atomic E-state index is -3.19. The molecule has 1 fully saturated rings. The highest BCUT2D eigenvalue weighted by Crippen LogP contribution is 2.49. The van der Waals surface area contributed by atoms with Gasteiger partial charge in [-0.1, -0.05) is 0 Å². The Balaban J connectivity index is 2.65. The molecule has 1 aliphatic rings. The van der Waals surface area contributed by atoms with E-state index in [9.17, 15) is 14.2 Å². The van der Waals surface area contributed by atoms with Gasteiger partial charge in [0.15, 0.2) is 0 Å². The summed E-state index contributed by atoms with van der Waals surface area (Å²) in [6.07, 6.45) is 0.279. The summed E-state index contributed by atoms with van der Waals surface area (Å²) >= 11 is 0. The number of urea groups is 1. The van der Waals surface area contributed by atoms with Gasteiger partial charge in [0.25, 0.3) is 5.91 Å². The van der Waals surface area contributed by atoms with E-state index >= 15 is 0 Å². The number of nitrogens with one attached hydrogen (secondary N) is 2. The van der Waals surface area contributed by atoms with Crippen LogP contribution < -0.4 is 10.6 Å². The summed E-state index contributed by atoms with van der Waals surface area (Å²) < 4.78 is 22.5. The molecule has 1 heterocycles. The van der Waals surface area contributed by atoms with Gasteiger partial charge < -0.3 is 14.4 Å². The van der Waals surface area contributed by atoms with Crippen LogP contribution in [0.1, 0.15) is 27.2 Å². The first kappa shape index (κ1) is 15.1. The second-order valence-electron chi connectivity index (χ2n) is 4.16. The highest BCUT2D eigenvalue weighted by Gasteiger charge is 2.43. The van der Waals surface area contributed by atoms with Crippen molar-refractivity contribution in [3.63, 3.8) is 0 Å². The van der Waals surface area contributed by atoms with Gasteiger partial charge in [0, 0.05) is 0 Å². The monoisotopic (exact) mass is 278 g/mol. The van der Waals surface area contributed by atoms with Crippen molar-refractivity contribution in [3.05, 3.63) is 0 Å². The lowest BCUT2D eigenvalue weighted by atomic mass is 10.00. The van der Waals surface area contributed by atoms with E-state index in [-0.39, 0.29) is 25.8 Å². The van der Waals surface area contributed by atoms with Crippen molar-refractivity contribution >= 4 is 19.5 Å². The Morgan fingerprint density at radius 3 is 2.17 bits per heavy atom. The van der Waals surface area contributed by atoms with Crippen LogP contribution in [0.4, 0.5) is 4.79 Å². The lowest BCUT2D eigenvalue weighted by molar-refractivity contribution is -0.123. The largest absolute Gasteiger partial charge is 0.330 e. The van der Waals surface area contributed by atoms with Gasteiger partial charge in [-0.05, 0) is 27.2 Å². The third-order valence-corrected chi connectivity index (χ3v) is 4.73. The number of carbonyl (C=O) groups excluding carboxylic acids is 2. The van der Waals surface area contributed by atoms with Crippen molar-refractivity contribution in [1.29, 1.82) is 0 Å². The maximum absolute atomic E-state index is 12.2. The predicted octanol–water partition coefficient (Wildman–Crippen LogP) is 1.24. The first-order chi connectivity index (χ1) is 8.35. The normalized spacial score (nSPS) is 23.9. The van der Waals surface area contributed by atoms with Crippen molar-refractivity contribution in [2.75, 3.05) is 19.4 Å². The number of imide groups is 1. The van der Waals surface area contributed by atoms with E-state index in [4.69, 9.17) is 9.05 Å². The molecule has 3 amide bonds. The lowest BCUT2D eigenvalue weighted by Crippen LogP contribution is -2.44. The quantitative estimate of drug-likeness (QED) is 0.540. The molecule has 1 rings (SSSR count). The van der Waals surface area contributed by atoms with Crippen molar-refractivity contribution < 1.29 is 23.2 Å². The molecular formula is C10H19N2O5P. The topological polar surface area (TPSA) is 93.7 Å². The fourth-order valence-corrected chi connectivity index (χ4v) is 3.52. The average Bonchev–Trinajstić information content (AvgIpc) is 2.52. The van der Waals surface area contributed by atoms with E-state index < -0.39 is 25.1 Å². The molecule has 0 saturated carbocycles. The molecule has 1 atom stereocenters. The summed E-state index contributed by atoms with van der Waals surface area (Å²) in [4.78, 5) is 22.6. The Labute approximate surface area is 106 Å². The molecule has 2 N–H and O–H groups in total. The van der Waals surface area contributed by atoms with Gasteiger partial charge in [0.1, 0.15) is 5.54 Å². The van der Waals surface area contributed by atoms with Gasteiger partial charge in [-0.2, -0.15) is 0 Å². The van der Waals surface area contributed by atoms with Crippen LogP contribution in [0, 0.1) is 0 Å². The zero-order valence-corrected chi connectivity index (χ0v) is 11.7. The molecule has 1 aliphatic heterocycles. The number of amides is 3. The van der Waals surface area contributed by atoms with Crippen LogP contribution in [-0.2, 0) is 18.4 Å². The fourth-order valence-electron chi connectivity index (χ4n) is 1.68. The standard InChI is InChI=1S/C10H19N2O5P/c1-4-16-18(15,17-5-2)7-6-10(3)8(13)11-9(14)12-10/h4-7H2,1-3H3,(H2,11,12,13,14). The van der Waals surface area contributed by atoms with Crippen LogP contribution in [-0.4, -0.2) is 36.9 Å². The Morgan fingerprint density at radius 1 is 1.22 bits per heavy atom. The van der Waals surface area contributed by atoms with Gasteiger partial charge in [-0.15, -0.1) is 0 Å². The van der Waals surface area contributed by atoms with Crippen molar-refractivity contribution in [3.8, 4) is 0 Å². The maximum atomic E-state index is 12.2. The fraction of sp³-hybridized carbons (Fsp3) is 0.800. The van der Waals surface area contributed by atoms with Crippen molar-refractivity contribution in [2.24, 2.45) is 0 Å². The molecule has 8 heteroatoms. The highest BCUT2D eigenvalue weighted by atomic mass is 31.2. The third kappa shape index (κ3) is 3.54. The predicted molar refractivity (Wildman–Crippen MR) is 65.4 cm³/mol. The minimum Gasteiger partial charge on any atom is -0.324 e. The first-order valence-corrected chi connectivity index (χ1v) is 7.60. The van der Waals surface area contributed by atoms with E-state index in [0.29, 0.717) is 0 Å². The number of hydrogen-bond donors (Lipinski definition) is 2. The molecule has 0 aliphatic carbocycles. The van der Waals surface area contributed by atoms with Crippen LogP contribution >= 0.6 is 7.60 Å². The SMILES string of the molecule is CCOP(=O)(CCC1(C)NC(=O)NC1=O)OCC. The smallest absolute Gasteiger partial charge is 0.324 e. The molecule has 0 aromatic heterocycles. The number of hydrogen-bond acceptors (Lipinski definition) is 5. The van der Waals surface area contributed by atoms with Crippen LogP contribution in [0.5, 0.6) is 0 Å². The zero-order chi connectivity index (χ0) is 13.8. The summed E-state index contributed by atoms with van der Waals surface area (Å²) in [6, 6.07) is -0.537. The Kier molecular flexibility index (Phi) is 4.90. The van der Waals surface area contributed by atoms with Crippen LogP contribution in [0.2, 0.25) is 0 Å². The molecule has 104 valence electrons. The molecule has 0 bridgehead atoms. The molecule has 0 aromatic rings. The Morgan fingerprint density at radius 2 is 1.78 bits per heavy atom. The van der Waals surface area contributed by atoms with Crippen LogP contribution in [0.25, 0.3) is 0 Å². The van der Waals surface area contributed by atoms with E-state index in [1.54, 1.807) is 20.8 Å². The number of rotatable bonds is 7. The van der Waals surface area contributed by atoms with Crippen molar-refractivity contribution in [1.82, 2.24) is 10.6 Å². The summed E-state index contributed by atoms with van der Waals surface area (Å²) in [5.74, 6) is -0.424. The summed E-state index contributed by atoms with van der Waals surface area (Å²) in [7, 11) is -3.19. The molecule has 7 nitrogen and oxygen atoms in total. The molecule has 1 unspecified atom stereocenters. The maximum Gasteiger partial charge on any atom is 0.330 e. The van der Waals surface area contributed by atoms with Crippen LogP contribution in [0.15, 0.2) is 0 Å². The minimum absolute atomic E-state index is 0.0822. The summed E-state index contributed by atoms with van der Waals surface area (Å²) in [5, 5.41) is 4.65. The van der Waals surface area contributed by atoms with Gasteiger partial charge in [0.2, 0.25) is 0 Å². The van der Waals surface area contributed by atoms with E-state index in [1.807, 2.05) is 0 Å². The molecule has 18 heavy (non-hydrogen) atoms. The van der Waals surface area contributed by atoms with Gasteiger partial charge in [-0.3, -0.25) is 14.7 Å². The van der Waals surface area contributed by atoms with Crippen molar-refractivity contribution in [2.45, 2.75) is 32.7 Å². The molecular weight excluding hydrogens is 259 g/mol. The average molecular weight is 278 g/mol. The summed E-state index contributed by atoms with van der Waals surface area (Å²) in [6.45, 7) is 5.56. The second kappa shape index (κ2) is 5.82. The first-order valence-electron chi connectivity index (χ1n) is 5.87. The van der Waals surface area contributed by atoms with E-state index in [2.05, 4.69) is 10.6 Å². The number of carbonyl (C=O) groups is 2. The molecule has 1 saturated heterocycles. The van der Waals surface area contributed by atoms with Gasteiger partial charge >= 0.3 is 13.6 Å². The summed E-state index contributed by atoms with van der Waals surface area (Å²) in [5.41, 5.74) is -1.05. The van der Waals surface area contributed by atoms with Crippen LogP contribution in [0.3, 0.4) is 0 Å². The van der Waals surface area contributed by atoms with E-state index in [0.717, 1.165) is 0 Å². The second-order valence-corrected chi connectivity index (χ2v) is 6.35. The van der Waals surface area contributed by atoms with Gasteiger partial charge in [-0.25, -0.2) is 4.79 Å². The van der Waals surface area contributed by atoms with Gasteiger partial charge in [0.05, 0.1) is 19.4 Å². The third-order valence-electron chi connectivity index (χ3n) is 2.65. The Hall–Kier alpha value is -0.910. The molecule has 0 spiro atoms. The molecule has 0 aromatic carbocycles. The highest BCUT2D eigenvalue weighted by molar-refractivity contribution is 7.53.